The van der Waals surface area contributed by atoms with Gasteiger partial charge in [-0.1, -0.05) is 0 Å². The number of esters is 1. The maximum Gasteiger partial charge on any atom is 0.326 e. The van der Waals surface area contributed by atoms with Crippen LogP contribution in [-0.2, 0) is 14.3 Å². The predicted molar refractivity (Wildman–Crippen MR) is 69.0 cm³/mol. The van der Waals surface area contributed by atoms with Crippen molar-refractivity contribution in [3.8, 4) is 0 Å². The smallest absolute Gasteiger partial charge is 0.326 e. The standard InChI is InChI=1S/C13H20N2O5/c1-2-20-10(16)7-15(9-5-6-9)13(19)14-11(12(17)18)8-3-4-8/h8-9,11H,2-7H2,1H3,(H,14,19)(H,17,18). The summed E-state index contributed by atoms with van der Waals surface area (Å²) >= 11 is 0. The monoisotopic (exact) mass is 284 g/mol. The number of urea groups is 1. The number of nitrogens with one attached hydrogen (secondary N) is 1. The van der Waals surface area contributed by atoms with Gasteiger partial charge in [0.15, 0.2) is 0 Å². The van der Waals surface area contributed by atoms with Crippen LogP contribution in [0, 0.1) is 5.92 Å². The molecule has 7 heteroatoms. The summed E-state index contributed by atoms with van der Waals surface area (Å²) in [6.45, 7) is 1.84. The molecule has 0 spiro atoms. The second-order valence-corrected chi connectivity index (χ2v) is 5.27. The minimum atomic E-state index is -1.02. The minimum absolute atomic E-state index is 0.0140. The van der Waals surface area contributed by atoms with Crippen molar-refractivity contribution >= 4 is 18.0 Å². The van der Waals surface area contributed by atoms with Crippen LogP contribution < -0.4 is 5.32 Å². The molecule has 2 fully saturated rings. The fraction of sp³-hybridized carbons (Fsp3) is 0.769. The predicted octanol–water partition coefficient (Wildman–Crippen LogP) is 0.587. The van der Waals surface area contributed by atoms with Gasteiger partial charge in [-0.15, -0.1) is 0 Å². The average molecular weight is 284 g/mol. The molecule has 2 amide bonds. The Balaban J connectivity index is 1.92. The summed E-state index contributed by atoms with van der Waals surface area (Å²) in [6, 6.07) is -1.32. The van der Waals surface area contributed by atoms with Crippen molar-refractivity contribution in [1.82, 2.24) is 10.2 Å². The molecule has 1 atom stereocenters. The summed E-state index contributed by atoms with van der Waals surface area (Å²) in [5, 5.41) is 11.6. The van der Waals surface area contributed by atoms with Crippen LogP contribution in [0.5, 0.6) is 0 Å². The van der Waals surface area contributed by atoms with Crippen molar-refractivity contribution in [3.05, 3.63) is 0 Å². The Morgan fingerprint density at radius 3 is 2.40 bits per heavy atom. The molecule has 0 saturated heterocycles. The van der Waals surface area contributed by atoms with Gasteiger partial charge in [-0.05, 0) is 38.5 Å². The second-order valence-electron chi connectivity index (χ2n) is 5.27. The summed E-state index contributed by atoms with van der Waals surface area (Å²) in [7, 11) is 0. The van der Waals surface area contributed by atoms with Gasteiger partial charge in [0.25, 0.3) is 0 Å². The third kappa shape index (κ3) is 3.85. The Morgan fingerprint density at radius 2 is 1.95 bits per heavy atom. The van der Waals surface area contributed by atoms with E-state index in [2.05, 4.69) is 5.32 Å². The molecule has 0 heterocycles. The highest BCUT2D eigenvalue weighted by atomic mass is 16.5. The lowest BCUT2D eigenvalue weighted by Crippen LogP contribution is -2.51. The highest BCUT2D eigenvalue weighted by Gasteiger charge is 2.40. The first-order valence-electron chi connectivity index (χ1n) is 6.98. The number of hydrogen-bond acceptors (Lipinski definition) is 4. The summed E-state index contributed by atoms with van der Waals surface area (Å²) in [6.07, 6.45) is 3.32. The summed E-state index contributed by atoms with van der Waals surface area (Å²) in [5.74, 6) is -1.47. The Hall–Kier alpha value is -1.79. The van der Waals surface area contributed by atoms with Gasteiger partial charge in [-0.3, -0.25) is 4.79 Å². The molecule has 0 aromatic rings. The number of carboxylic acid groups (broad SMARTS) is 1. The number of carbonyl (C=O) groups is 3. The molecule has 0 radical (unpaired) electrons. The van der Waals surface area contributed by atoms with Crippen LogP contribution in [-0.4, -0.2) is 53.2 Å². The zero-order chi connectivity index (χ0) is 14.7. The number of carbonyl (C=O) groups excluding carboxylic acids is 2. The Bertz CT molecular complexity index is 404. The normalized spacial score (nSPS) is 19.1. The second kappa shape index (κ2) is 6.11. The SMILES string of the molecule is CCOC(=O)CN(C(=O)NC(C(=O)O)C1CC1)C1CC1. The van der Waals surface area contributed by atoms with Crippen LogP contribution in [0.15, 0.2) is 0 Å². The number of ether oxygens (including phenoxy) is 1. The molecule has 0 bridgehead atoms. The van der Waals surface area contributed by atoms with E-state index in [-0.39, 0.29) is 25.1 Å². The van der Waals surface area contributed by atoms with E-state index in [4.69, 9.17) is 9.84 Å². The topological polar surface area (TPSA) is 95.9 Å². The Kier molecular flexibility index (Phi) is 4.46. The number of rotatable bonds is 7. The van der Waals surface area contributed by atoms with Gasteiger partial charge in [-0.25, -0.2) is 9.59 Å². The molecular formula is C13H20N2O5. The lowest BCUT2D eigenvalue weighted by Gasteiger charge is -2.24. The number of aliphatic carboxylic acids is 1. The molecule has 7 nitrogen and oxygen atoms in total. The lowest BCUT2D eigenvalue weighted by molar-refractivity contribution is -0.143. The summed E-state index contributed by atoms with van der Waals surface area (Å²) < 4.78 is 4.84. The fourth-order valence-corrected chi connectivity index (χ4v) is 2.13. The molecule has 20 heavy (non-hydrogen) atoms. The maximum atomic E-state index is 12.2. The molecule has 2 aliphatic carbocycles. The van der Waals surface area contributed by atoms with E-state index >= 15 is 0 Å². The van der Waals surface area contributed by atoms with Crippen molar-refractivity contribution in [2.75, 3.05) is 13.2 Å². The van der Waals surface area contributed by atoms with Crippen molar-refractivity contribution < 1.29 is 24.2 Å². The third-order valence-electron chi connectivity index (χ3n) is 3.49. The first-order chi connectivity index (χ1) is 9.52. The molecule has 2 aliphatic rings. The van der Waals surface area contributed by atoms with Crippen molar-refractivity contribution in [2.45, 2.75) is 44.7 Å². The zero-order valence-corrected chi connectivity index (χ0v) is 11.5. The van der Waals surface area contributed by atoms with E-state index in [1.165, 1.54) is 4.90 Å². The molecule has 112 valence electrons. The molecule has 1 unspecified atom stereocenters. The molecule has 2 N–H and O–H groups in total. The summed E-state index contributed by atoms with van der Waals surface area (Å²) in [5.41, 5.74) is 0. The lowest BCUT2D eigenvalue weighted by atomic mass is 10.2. The van der Waals surface area contributed by atoms with Crippen LogP contribution in [0.4, 0.5) is 4.79 Å². The van der Waals surface area contributed by atoms with Crippen molar-refractivity contribution in [3.63, 3.8) is 0 Å². The third-order valence-corrected chi connectivity index (χ3v) is 3.49. The number of nitrogens with zero attached hydrogens (tertiary/aromatic N) is 1. The zero-order valence-electron chi connectivity index (χ0n) is 11.5. The maximum absolute atomic E-state index is 12.2. The number of hydrogen-bond donors (Lipinski definition) is 2. The molecule has 0 aromatic carbocycles. The van der Waals surface area contributed by atoms with Gasteiger partial charge in [0.1, 0.15) is 12.6 Å². The van der Waals surface area contributed by atoms with Gasteiger partial charge in [0.2, 0.25) is 0 Å². The first kappa shape index (κ1) is 14.6. The fourth-order valence-electron chi connectivity index (χ4n) is 2.13. The Morgan fingerprint density at radius 1 is 1.30 bits per heavy atom. The van der Waals surface area contributed by atoms with Crippen LogP contribution in [0.1, 0.15) is 32.6 Å². The van der Waals surface area contributed by atoms with Gasteiger partial charge in [0.05, 0.1) is 6.61 Å². The van der Waals surface area contributed by atoms with E-state index < -0.39 is 24.0 Å². The van der Waals surface area contributed by atoms with Crippen molar-refractivity contribution in [2.24, 2.45) is 5.92 Å². The molecule has 2 rings (SSSR count). The molecule has 2 saturated carbocycles. The van der Waals surface area contributed by atoms with Gasteiger partial charge in [-0.2, -0.15) is 0 Å². The highest BCUT2D eigenvalue weighted by molar-refractivity contribution is 5.86. The van der Waals surface area contributed by atoms with E-state index in [0.29, 0.717) is 0 Å². The van der Waals surface area contributed by atoms with Gasteiger partial charge in [0, 0.05) is 6.04 Å². The number of amides is 2. The van der Waals surface area contributed by atoms with Crippen LogP contribution in [0.2, 0.25) is 0 Å². The minimum Gasteiger partial charge on any atom is -0.480 e. The van der Waals surface area contributed by atoms with Gasteiger partial charge < -0.3 is 20.1 Å². The quantitative estimate of drug-likeness (QED) is 0.667. The summed E-state index contributed by atoms with van der Waals surface area (Å²) in [4.78, 5) is 36.2. The van der Waals surface area contributed by atoms with Crippen molar-refractivity contribution in [1.29, 1.82) is 0 Å². The highest BCUT2D eigenvalue weighted by Crippen LogP contribution is 2.33. The van der Waals surface area contributed by atoms with E-state index in [9.17, 15) is 14.4 Å². The van der Waals surface area contributed by atoms with Crippen LogP contribution in [0.25, 0.3) is 0 Å². The Labute approximate surface area is 117 Å². The van der Waals surface area contributed by atoms with E-state index in [1.54, 1.807) is 6.92 Å². The average Bonchev–Trinajstić information content (AvgIpc) is 3.26. The first-order valence-corrected chi connectivity index (χ1v) is 6.98. The molecule has 0 aliphatic heterocycles. The molecule has 0 aromatic heterocycles. The molecular weight excluding hydrogens is 264 g/mol. The van der Waals surface area contributed by atoms with E-state index in [1.807, 2.05) is 0 Å². The number of carboxylic acids is 1. The van der Waals surface area contributed by atoms with E-state index in [0.717, 1.165) is 25.7 Å². The largest absolute Gasteiger partial charge is 0.480 e. The van der Waals surface area contributed by atoms with Crippen LogP contribution in [0.3, 0.4) is 0 Å². The van der Waals surface area contributed by atoms with Gasteiger partial charge >= 0.3 is 18.0 Å². The van der Waals surface area contributed by atoms with Crippen LogP contribution >= 0.6 is 0 Å².